The fourth-order valence-electron chi connectivity index (χ4n) is 3.58. The van der Waals surface area contributed by atoms with Gasteiger partial charge in [-0.1, -0.05) is 17.7 Å². The summed E-state index contributed by atoms with van der Waals surface area (Å²) in [5, 5.41) is 21.4. The number of hydrogen-bond acceptors (Lipinski definition) is 6. The molecule has 0 saturated heterocycles. The first kappa shape index (κ1) is 19.8. The van der Waals surface area contributed by atoms with Crippen molar-refractivity contribution in [3.8, 4) is 23.0 Å². The lowest BCUT2D eigenvalue weighted by Crippen LogP contribution is -2.22. The van der Waals surface area contributed by atoms with Crippen molar-refractivity contribution in [1.29, 1.82) is 0 Å². The van der Waals surface area contributed by atoms with E-state index in [9.17, 15) is 19.8 Å². The fraction of sp³-hybridized carbons (Fsp3) is 0.130. The van der Waals surface area contributed by atoms with Crippen molar-refractivity contribution in [2.45, 2.75) is 12.3 Å². The molecule has 0 saturated carbocycles. The number of rotatable bonds is 4. The molecule has 7 heteroatoms. The van der Waals surface area contributed by atoms with Crippen LogP contribution in [0, 0.1) is 0 Å². The highest BCUT2D eigenvalue weighted by molar-refractivity contribution is 6.30. The third kappa shape index (κ3) is 3.46. The molecule has 0 radical (unpaired) electrons. The van der Waals surface area contributed by atoms with E-state index in [-0.39, 0.29) is 40.8 Å². The smallest absolute Gasteiger partial charge is 0.312 e. The summed E-state index contributed by atoms with van der Waals surface area (Å²) in [6.07, 6.45) is -0.0346. The molecule has 30 heavy (non-hydrogen) atoms. The van der Waals surface area contributed by atoms with E-state index in [1.54, 1.807) is 36.4 Å². The van der Waals surface area contributed by atoms with Crippen LogP contribution >= 0.6 is 11.6 Å². The summed E-state index contributed by atoms with van der Waals surface area (Å²) in [6, 6.07) is 14.0. The number of phenolic OH excluding ortho intramolecular Hbond substituents is 2. The SMILES string of the molecule is COc1cc([C@H]2CC(=O)Oc3ccc(C(=O)c4ccc(Cl)cc4)c(O)c32)ccc1O. The predicted octanol–water partition coefficient (Wildman–Crippen LogP) is 4.43. The molecule has 0 aliphatic carbocycles. The second kappa shape index (κ2) is 7.72. The van der Waals surface area contributed by atoms with Crippen LogP contribution in [0.3, 0.4) is 0 Å². The normalized spacial score (nSPS) is 15.3. The molecule has 6 nitrogen and oxygen atoms in total. The van der Waals surface area contributed by atoms with Gasteiger partial charge in [0.2, 0.25) is 0 Å². The first-order valence-electron chi connectivity index (χ1n) is 9.12. The number of phenols is 2. The Morgan fingerprint density at radius 2 is 1.83 bits per heavy atom. The Balaban J connectivity index is 1.83. The minimum atomic E-state index is -0.575. The summed E-state index contributed by atoms with van der Waals surface area (Å²) in [5.41, 5.74) is 1.42. The lowest BCUT2D eigenvalue weighted by atomic mass is 9.84. The maximum Gasteiger partial charge on any atom is 0.312 e. The molecule has 0 fully saturated rings. The minimum Gasteiger partial charge on any atom is -0.507 e. The Morgan fingerprint density at radius 1 is 1.10 bits per heavy atom. The number of ketones is 1. The van der Waals surface area contributed by atoms with Crippen LogP contribution in [-0.4, -0.2) is 29.1 Å². The van der Waals surface area contributed by atoms with Crippen molar-refractivity contribution in [3.63, 3.8) is 0 Å². The highest BCUT2D eigenvalue weighted by Crippen LogP contribution is 2.46. The van der Waals surface area contributed by atoms with Gasteiger partial charge in [-0.15, -0.1) is 0 Å². The Hall–Kier alpha value is -3.51. The monoisotopic (exact) mass is 424 g/mol. The summed E-state index contributed by atoms with van der Waals surface area (Å²) in [5.74, 6) is -1.29. The second-order valence-electron chi connectivity index (χ2n) is 6.87. The third-order valence-corrected chi connectivity index (χ3v) is 5.33. The molecule has 4 rings (SSSR count). The lowest BCUT2D eigenvalue weighted by Gasteiger charge is -2.27. The van der Waals surface area contributed by atoms with Crippen molar-refractivity contribution >= 4 is 23.4 Å². The Morgan fingerprint density at radius 3 is 2.53 bits per heavy atom. The van der Waals surface area contributed by atoms with Gasteiger partial charge in [0.05, 0.1) is 19.1 Å². The Bertz CT molecular complexity index is 1150. The number of esters is 1. The van der Waals surface area contributed by atoms with Crippen LogP contribution in [0.25, 0.3) is 0 Å². The van der Waals surface area contributed by atoms with Gasteiger partial charge in [-0.2, -0.15) is 0 Å². The molecule has 0 amide bonds. The van der Waals surface area contributed by atoms with Crippen molar-refractivity contribution in [1.82, 2.24) is 0 Å². The summed E-state index contributed by atoms with van der Waals surface area (Å²) in [7, 11) is 1.42. The van der Waals surface area contributed by atoms with Crippen molar-refractivity contribution in [3.05, 3.63) is 81.9 Å². The average Bonchev–Trinajstić information content (AvgIpc) is 2.74. The van der Waals surface area contributed by atoms with Gasteiger partial charge in [0.15, 0.2) is 17.3 Å². The highest BCUT2D eigenvalue weighted by Gasteiger charge is 2.33. The second-order valence-corrected chi connectivity index (χ2v) is 7.31. The van der Waals surface area contributed by atoms with E-state index in [2.05, 4.69) is 0 Å². The predicted molar refractivity (Wildman–Crippen MR) is 110 cm³/mol. The molecule has 0 spiro atoms. The van der Waals surface area contributed by atoms with Gasteiger partial charge in [-0.25, -0.2) is 0 Å². The quantitative estimate of drug-likeness (QED) is 0.365. The summed E-state index contributed by atoms with van der Waals surface area (Å²) >= 11 is 5.89. The van der Waals surface area contributed by atoms with E-state index in [0.717, 1.165) is 0 Å². The number of carbonyl (C=O) groups is 2. The maximum atomic E-state index is 13.0. The molecule has 152 valence electrons. The van der Waals surface area contributed by atoms with Crippen LogP contribution in [0.5, 0.6) is 23.0 Å². The Kier molecular flexibility index (Phi) is 5.10. The lowest BCUT2D eigenvalue weighted by molar-refractivity contribution is -0.135. The van der Waals surface area contributed by atoms with Crippen LogP contribution in [0.2, 0.25) is 5.02 Å². The zero-order valence-electron chi connectivity index (χ0n) is 15.9. The number of hydrogen-bond donors (Lipinski definition) is 2. The molecule has 1 atom stereocenters. The largest absolute Gasteiger partial charge is 0.507 e. The van der Waals surface area contributed by atoms with Crippen molar-refractivity contribution in [2.75, 3.05) is 7.11 Å². The van der Waals surface area contributed by atoms with Gasteiger partial charge in [-0.3, -0.25) is 9.59 Å². The molecule has 0 bridgehead atoms. The fourth-order valence-corrected chi connectivity index (χ4v) is 3.71. The number of aromatic hydroxyl groups is 2. The van der Waals surface area contributed by atoms with Crippen molar-refractivity contribution < 1.29 is 29.3 Å². The highest BCUT2D eigenvalue weighted by atomic mass is 35.5. The molecular weight excluding hydrogens is 408 g/mol. The van der Waals surface area contributed by atoms with Crippen LogP contribution in [0.1, 0.15) is 39.4 Å². The molecule has 3 aromatic rings. The van der Waals surface area contributed by atoms with E-state index >= 15 is 0 Å². The standard InChI is InChI=1S/C23H17ClO6/c1-29-19-10-13(4-8-17(19)25)16-11-20(26)30-18-9-7-15(23(28)21(16)18)22(27)12-2-5-14(24)6-3-12/h2-10,16,25,28H,11H2,1H3/t16-/m1/s1. The number of halogens is 1. The topological polar surface area (TPSA) is 93.1 Å². The van der Waals surface area contributed by atoms with Crippen molar-refractivity contribution in [2.24, 2.45) is 0 Å². The van der Waals surface area contributed by atoms with Gasteiger partial charge in [0.1, 0.15) is 11.5 Å². The first-order chi connectivity index (χ1) is 14.4. The maximum absolute atomic E-state index is 13.0. The van der Waals surface area contributed by atoms with Crippen LogP contribution in [0.15, 0.2) is 54.6 Å². The number of fused-ring (bicyclic) bond motifs is 1. The van der Waals surface area contributed by atoms with Gasteiger partial charge in [-0.05, 0) is 54.1 Å². The summed E-state index contributed by atoms with van der Waals surface area (Å²) in [4.78, 5) is 25.1. The van der Waals surface area contributed by atoms with E-state index in [1.807, 2.05) is 0 Å². The molecule has 1 aliphatic heterocycles. The third-order valence-electron chi connectivity index (χ3n) is 5.08. The van der Waals surface area contributed by atoms with Crippen LogP contribution in [-0.2, 0) is 4.79 Å². The molecular formula is C23H17ClO6. The zero-order valence-corrected chi connectivity index (χ0v) is 16.6. The van der Waals surface area contributed by atoms with Gasteiger partial charge < -0.3 is 19.7 Å². The molecule has 0 aromatic heterocycles. The van der Waals surface area contributed by atoms with E-state index in [0.29, 0.717) is 21.7 Å². The average molecular weight is 425 g/mol. The van der Waals surface area contributed by atoms with Gasteiger partial charge in [0.25, 0.3) is 0 Å². The molecule has 1 aliphatic rings. The summed E-state index contributed by atoms with van der Waals surface area (Å²) in [6.45, 7) is 0. The van der Waals surface area contributed by atoms with E-state index in [4.69, 9.17) is 21.1 Å². The Labute approximate surface area is 177 Å². The van der Waals surface area contributed by atoms with Gasteiger partial charge in [0, 0.05) is 22.1 Å². The zero-order chi connectivity index (χ0) is 21.4. The number of methoxy groups -OCH3 is 1. The summed E-state index contributed by atoms with van der Waals surface area (Å²) < 4.78 is 10.4. The molecule has 0 unspecified atom stereocenters. The number of carbonyl (C=O) groups excluding carboxylic acids is 2. The molecule has 1 heterocycles. The molecule has 2 N–H and O–H groups in total. The van der Waals surface area contributed by atoms with E-state index < -0.39 is 11.9 Å². The van der Waals surface area contributed by atoms with Crippen LogP contribution in [0.4, 0.5) is 0 Å². The van der Waals surface area contributed by atoms with E-state index in [1.165, 1.54) is 25.3 Å². The number of ether oxygens (including phenoxy) is 2. The first-order valence-corrected chi connectivity index (χ1v) is 9.50. The van der Waals surface area contributed by atoms with Crippen LogP contribution < -0.4 is 9.47 Å². The van der Waals surface area contributed by atoms with Gasteiger partial charge >= 0.3 is 5.97 Å². The minimum absolute atomic E-state index is 0.0346. The number of benzene rings is 3. The molecule has 3 aromatic carbocycles.